The summed E-state index contributed by atoms with van der Waals surface area (Å²) >= 11 is 0. The van der Waals surface area contributed by atoms with Crippen LogP contribution in [0.3, 0.4) is 0 Å². The van der Waals surface area contributed by atoms with Crippen molar-refractivity contribution in [3.05, 3.63) is 0 Å². The average molecular weight is 265 g/mol. The smallest absolute Gasteiger partial charge is 0.222 e. The quantitative estimate of drug-likeness (QED) is 0.786. The summed E-state index contributed by atoms with van der Waals surface area (Å²) in [6.07, 6.45) is 8.25. The van der Waals surface area contributed by atoms with Crippen LogP contribution >= 0.6 is 0 Å². The molecular formula is C16H27NO2. The lowest BCUT2D eigenvalue weighted by atomic mass is 9.85. The molecule has 0 spiro atoms. The zero-order chi connectivity index (χ0) is 13.9. The molecule has 0 aromatic heterocycles. The first-order chi connectivity index (χ1) is 8.98. The van der Waals surface area contributed by atoms with Crippen molar-refractivity contribution in [2.45, 2.75) is 65.2 Å². The van der Waals surface area contributed by atoms with Gasteiger partial charge < -0.3 is 4.90 Å². The van der Waals surface area contributed by atoms with Crippen molar-refractivity contribution in [3.8, 4) is 0 Å². The van der Waals surface area contributed by atoms with E-state index in [9.17, 15) is 9.59 Å². The molecule has 0 aromatic carbocycles. The van der Waals surface area contributed by atoms with Gasteiger partial charge in [0.15, 0.2) is 5.78 Å². The maximum atomic E-state index is 12.3. The highest BCUT2D eigenvalue weighted by molar-refractivity contribution is 5.87. The number of nitrogens with zero attached hydrogens (tertiary/aromatic N) is 1. The van der Waals surface area contributed by atoms with Crippen molar-refractivity contribution in [1.29, 1.82) is 0 Å². The molecule has 2 fully saturated rings. The highest BCUT2D eigenvalue weighted by Crippen LogP contribution is 2.31. The fourth-order valence-corrected chi connectivity index (χ4v) is 3.20. The second kappa shape index (κ2) is 6.06. The van der Waals surface area contributed by atoms with Crippen LogP contribution in [0, 0.1) is 11.3 Å². The molecule has 1 saturated carbocycles. The van der Waals surface area contributed by atoms with Crippen molar-refractivity contribution in [1.82, 2.24) is 4.90 Å². The van der Waals surface area contributed by atoms with Gasteiger partial charge in [0.2, 0.25) is 5.91 Å². The van der Waals surface area contributed by atoms with Crippen LogP contribution in [-0.4, -0.2) is 29.7 Å². The van der Waals surface area contributed by atoms with Crippen molar-refractivity contribution in [2.75, 3.05) is 13.1 Å². The minimum Gasteiger partial charge on any atom is -0.335 e. The number of amides is 1. The maximum Gasteiger partial charge on any atom is 0.222 e. The second-order valence-electron chi connectivity index (χ2n) is 7.03. The Morgan fingerprint density at radius 2 is 1.89 bits per heavy atom. The predicted molar refractivity (Wildman–Crippen MR) is 75.8 cm³/mol. The number of Topliss-reactive ketones (excluding diaryl/α,β-unsaturated/α-hetero) is 1. The highest BCUT2D eigenvalue weighted by Gasteiger charge is 2.30. The molecule has 108 valence electrons. The average Bonchev–Trinajstić information content (AvgIpc) is 2.53. The number of carbonyl (C=O) groups excluding carboxylic acids is 2. The topological polar surface area (TPSA) is 37.4 Å². The Balaban J connectivity index is 1.90. The van der Waals surface area contributed by atoms with Crippen LogP contribution in [0.25, 0.3) is 0 Å². The zero-order valence-electron chi connectivity index (χ0n) is 12.4. The SMILES string of the molecule is CC1(C)CCC(=O)N(CC(=O)C2CCCCC2)CC1. The van der Waals surface area contributed by atoms with E-state index in [1.165, 1.54) is 19.3 Å². The molecule has 1 saturated heterocycles. The lowest BCUT2D eigenvalue weighted by molar-refractivity contribution is -0.136. The lowest BCUT2D eigenvalue weighted by Gasteiger charge is -2.26. The fourth-order valence-electron chi connectivity index (χ4n) is 3.20. The molecular weight excluding hydrogens is 238 g/mol. The molecule has 3 heteroatoms. The number of likely N-dealkylation sites (tertiary alicyclic amines) is 1. The van der Waals surface area contributed by atoms with Gasteiger partial charge in [-0.2, -0.15) is 0 Å². The third kappa shape index (κ3) is 4.05. The van der Waals surface area contributed by atoms with Gasteiger partial charge in [0.25, 0.3) is 0 Å². The number of rotatable bonds is 3. The summed E-state index contributed by atoms with van der Waals surface area (Å²) in [7, 11) is 0. The molecule has 2 rings (SSSR count). The first-order valence-corrected chi connectivity index (χ1v) is 7.78. The minimum atomic E-state index is 0.176. The van der Waals surface area contributed by atoms with Crippen molar-refractivity contribution in [2.24, 2.45) is 11.3 Å². The van der Waals surface area contributed by atoms with Crippen LogP contribution in [0.1, 0.15) is 65.2 Å². The highest BCUT2D eigenvalue weighted by atomic mass is 16.2. The van der Waals surface area contributed by atoms with Gasteiger partial charge in [-0.3, -0.25) is 9.59 Å². The third-order valence-corrected chi connectivity index (χ3v) is 4.83. The molecule has 1 aliphatic carbocycles. The van der Waals surface area contributed by atoms with E-state index in [0.717, 1.165) is 32.2 Å². The molecule has 0 atom stereocenters. The molecule has 0 aromatic rings. The van der Waals surface area contributed by atoms with E-state index in [2.05, 4.69) is 13.8 Å². The molecule has 0 N–H and O–H groups in total. The van der Waals surface area contributed by atoms with Crippen LogP contribution in [0.2, 0.25) is 0 Å². The summed E-state index contributed by atoms with van der Waals surface area (Å²) in [5.74, 6) is 0.695. The first kappa shape index (κ1) is 14.5. The van der Waals surface area contributed by atoms with Gasteiger partial charge in [-0.1, -0.05) is 33.1 Å². The van der Waals surface area contributed by atoms with E-state index in [-0.39, 0.29) is 17.2 Å². The Hall–Kier alpha value is -0.860. The summed E-state index contributed by atoms with van der Waals surface area (Å²) in [5.41, 5.74) is 0.234. The predicted octanol–water partition coefficient (Wildman–Crippen LogP) is 3.17. The fraction of sp³-hybridized carbons (Fsp3) is 0.875. The Bertz CT molecular complexity index is 343. The first-order valence-electron chi connectivity index (χ1n) is 7.78. The number of ketones is 1. The summed E-state index contributed by atoms with van der Waals surface area (Å²) in [5, 5.41) is 0. The Morgan fingerprint density at radius 3 is 2.58 bits per heavy atom. The van der Waals surface area contributed by atoms with E-state index >= 15 is 0 Å². The van der Waals surface area contributed by atoms with Crippen molar-refractivity contribution in [3.63, 3.8) is 0 Å². The Kier molecular flexibility index (Phi) is 4.64. The maximum absolute atomic E-state index is 12.3. The van der Waals surface area contributed by atoms with E-state index in [1.807, 2.05) is 4.90 Å². The standard InChI is InChI=1S/C16H27NO2/c1-16(2)9-8-15(19)17(11-10-16)12-14(18)13-6-4-3-5-7-13/h13H,3-12H2,1-2H3. The van der Waals surface area contributed by atoms with Gasteiger partial charge in [0.1, 0.15) is 0 Å². The zero-order valence-corrected chi connectivity index (χ0v) is 12.4. The van der Waals surface area contributed by atoms with Gasteiger partial charge in [-0.15, -0.1) is 0 Å². The normalized spacial score (nSPS) is 25.2. The molecule has 0 bridgehead atoms. The van der Waals surface area contributed by atoms with Crippen LogP contribution in [0.15, 0.2) is 0 Å². The van der Waals surface area contributed by atoms with E-state index in [0.29, 0.717) is 18.7 Å². The monoisotopic (exact) mass is 265 g/mol. The largest absolute Gasteiger partial charge is 0.335 e. The van der Waals surface area contributed by atoms with Crippen LogP contribution in [0.4, 0.5) is 0 Å². The van der Waals surface area contributed by atoms with Gasteiger partial charge >= 0.3 is 0 Å². The molecule has 1 aliphatic heterocycles. The lowest BCUT2D eigenvalue weighted by Crippen LogP contribution is -2.38. The number of hydrogen-bond donors (Lipinski definition) is 0. The molecule has 0 unspecified atom stereocenters. The van der Waals surface area contributed by atoms with E-state index in [1.54, 1.807) is 0 Å². The van der Waals surface area contributed by atoms with Gasteiger partial charge in [0, 0.05) is 18.9 Å². The van der Waals surface area contributed by atoms with Crippen molar-refractivity contribution < 1.29 is 9.59 Å². The van der Waals surface area contributed by atoms with Gasteiger partial charge in [0.05, 0.1) is 6.54 Å². The van der Waals surface area contributed by atoms with Crippen LogP contribution in [-0.2, 0) is 9.59 Å². The Labute approximate surface area is 116 Å². The second-order valence-corrected chi connectivity index (χ2v) is 7.03. The summed E-state index contributed by atoms with van der Waals surface area (Å²) < 4.78 is 0. The molecule has 19 heavy (non-hydrogen) atoms. The summed E-state index contributed by atoms with van der Waals surface area (Å²) in [6, 6.07) is 0. The molecule has 2 aliphatic rings. The minimum absolute atomic E-state index is 0.176. The molecule has 3 nitrogen and oxygen atoms in total. The van der Waals surface area contributed by atoms with Crippen molar-refractivity contribution >= 4 is 11.7 Å². The summed E-state index contributed by atoms with van der Waals surface area (Å²) in [4.78, 5) is 26.2. The van der Waals surface area contributed by atoms with Crippen LogP contribution < -0.4 is 0 Å². The summed E-state index contributed by atoms with van der Waals surface area (Å²) in [6.45, 7) is 5.54. The third-order valence-electron chi connectivity index (χ3n) is 4.83. The van der Waals surface area contributed by atoms with Gasteiger partial charge in [-0.05, 0) is 31.1 Å². The van der Waals surface area contributed by atoms with E-state index in [4.69, 9.17) is 0 Å². The number of carbonyl (C=O) groups is 2. The molecule has 1 amide bonds. The van der Waals surface area contributed by atoms with Gasteiger partial charge in [-0.25, -0.2) is 0 Å². The molecule has 1 heterocycles. The van der Waals surface area contributed by atoms with Crippen LogP contribution in [0.5, 0.6) is 0 Å². The molecule has 0 radical (unpaired) electrons. The number of hydrogen-bond acceptors (Lipinski definition) is 2. The Morgan fingerprint density at radius 1 is 1.21 bits per heavy atom. The van der Waals surface area contributed by atoms with E-state index < -0.39 is 0 Å².